The summed E-state index contributed by atoms with van der Waals surface area (Å²) in [6.07, 6.45) is 3.59. The summed E-state index contributed by atoms with van der Waals surface area (Å²) in [4.78, 5) is 15.3. The minimum Gasteiger partial charge on any atom is -0.508 e. The van der Waals surface area contributed by atoms with E-state index in [9.17, 15) is 9.90 Å². The Morgan fingerprint density at radius 2 is 1.93 bits per heavy atom. The number of phenols is 1. The van der Waals surface area contributed by atoms with Crippen LogP contribution in [-0.4, -0.2) is 47.7 Å². The van der Waals surface area contributed by atoms with Crippen molar-refractivity contribution in [1.82, 2.24) is 14.8 Å². The number of aromatic hydroxyl groups is 1. The van der Waals surface area contributed by atoms with E-state index in [4.69, 9.17) is 4.74 Å². The molecule has 0 unspecified atom stereocenters. The van der Waals surface area contributed by atoms with Gasteiger partial charge < -0.3 is 19.7 Å². The zero-order chi connectivity index (χ0) is 21.3. The van der Waals surface area contributed by atoms with Gasteiger partial charge in [-0.25, -0.2) is 0 Å². The summed E-state index contributed by atoms with van der Waals surface area (Å²) in [6.45, 7) is 4.61. The summed E-state index contributed by atoms with van der Waals surface area (Å²) in [5, 5.41) is 14.4. The lowest BCUT2D eigenvalue weighted by Crippen LogP contribution is -2.29. The summed E-state index contributed by atoms with van der Waals surface area (Å²) in [5.41, 5.74) is 4.09. The number of carbonyl (C=O) groups is 1. The van der Waals surface area contributed by atoms with Gasteiger partial charge in [0.25, 0.3) is 5.91 Å². The molecule has 6 heteroatoms. The van der Waals surface area contributed by atoms with Crippen LogP contribution >= 0.6 is 0 Å². The minimum absolute atomic E-state index is 0.148. The number of aromatic nitrogens is 1. The Labute approximate surface area is 177 Å². The molecule has 0 radical (unpaired) electrons. The number of phenolic OH excluding ortho intramolecular Hbond substituents is 1. The Balaban J connectivity index is 1.96. The smallest absolute Gasteiger partial charge is 0.253 e. The molecular weight excluding hydrogens is 378 g/mol. The first-order valence-electron chi connectivity index (χ1n) is 10.5. The van der Waals surface area contributed by atoms with E-state index in [0.29, 0.717) is 12.1 Å². The lowest BCUT2D eigenvalue weighted by atomic mass is 10.0. The highest BCUT2D eigenvalue weighted by molar-refractivity contribution is 6.10. The third-order valence-corrected chi connectivity index (χ3v) is 6.05. The van der Waals surface area contributed by atoms with Crippen molar-refractivity contribution in [2.75, 3.05) is 27.2 Å². The van der Waals surface area contributed by atoms with Crippen molar-refractivity contribution >= 4 is 16.8 Å². The molecule has 0 bridgehead atoms. The van der Waals surface area contributed by atoms with E-state index in [0.717, 1.165) is 46.7 Å². The van der Waals surface area contributed by atoms with Gasteiger partial charge in [0.1, 0.15) is 11.5 Å². The average molecular weight is 408 g/mol. The van der Waals surface area contributed by atoms with E-state index < -0.39 is 0 Å². The van der Waals surface area contributed by atoms with Crippen LogP contribution in [0.1, 0.15) is 40.9 Å². The number of benzene rings is 2. The lowest BCUT2D eigenvalue weighted by Gasteiger charge is -2.27. The number of piperidine rings is 1. The Hall–Kier alpha value is -2.99. The molecule has 2 N–H and O–H groups in total. The first-order valence-corrected chi connectivity index (χ1v) is 10.5. The molecule has 2 heterocycles. The van der Waals surface area contributed by atoms with Crippen molar-refractivity contribution in [3.63, 3.8) is 0 Å². The molecule has 4 rings (SSSR count). The number of likely N-dealkylation sites (tertiary alicyclic amines) is 1. The van der Waals surface area contributed by atoms with Crippen molar-refractivity contribution in [2.45, 2.75) is 32.7 Å². The van der Waals surface area contributed by atoms with Crippen molar-refractivity contribution in [3.05, 3.63) is 53.2 Å². The number of ether oxygens (including phenoxy) is 1. The molecule has 1 aliphatic rings. The fourth-order valence-electron chi connectivity index (χ4n) is 4.55. The van der Waals surface area contributed by atoms with Crippen LogP contribution in [0.15, 0.2) is 36.4 Å². The van der Waals surface area contributed by atoms with Gasteiger partial charge in [-0.05, 0) is 57.1 Å². The maximum atomic E-state index is 12.9. The number of hydrogen-bond donors (Lipinski definition) is 2. The molecule has 1 saturated heterocycles. The quantitative estimate of drug-likeness (QED) is 0.671. The number of nitrogens with one attached hydrogen (secondary N) is 1. The van der Waals surface area contributed by atoms with Crippen molar-refractivity contribution in [1.29, 1.82) is 0 Å². The average Bonchev–Trinajstić information content (AvgIpc) is 3.08. The second kappa shape index (κ2) is 8.40. The van der Waals surface area contributed by atoms with Gasteiger partial charge in [0.05, 0.1) is 18.2 Å². The molecule has 0 aliphatic carbocycles. The van der Waals surface area contributed by atoms with Crippen LogP contribution in [0.3, 0.4) is 0 Å². The monoisotopic (exact) mass is 407 g/mol. The van der Waals surface area contributed by atoms with Crippen LogP contribution in [0.4, 0.5) is 0 Å². The van der Waals surface area contributed by atoms with Gasteiger partial charge in [-0.3, -0.25) is 9.69 Å². The standard InChI is InChI=1S/C24H29N3O3/c1-16-22(24(29)25-2)23-19(15-26-12-5-4-6-13-26)21(28)11-10-20(23)27(16)17-8-7-9-18(14-17)30-3/h7-11,14,28H,4-6,12-13,15H2,1-3H3,(H,25,29). The second-order valence-corrected chi connectivity index (χ2v) is 7.87. The molecular formula is C24H29N3O3. The third-order valence-electron chi connectivity index (χ3n) is 6.05. The van der Waals surface area contributed by atoms with Gasteiger partial charge >= 0.3 is 0 Å². The fraction of sp³-hybridized carbons (Fsp3) is 0.375. The highest BCUT2D eigenvalue weighted by atomic mass is 16.5. The molecule has 6 nitrogen and oxygen atoms in total. The predicted octanol–water partition coefficient (Wildman–Crippen LogP) is 4.00. The van der Waals surface area contributed by atoms with Gasteiger partial charge in [-0.1, -0.05) is 12.5 Å². The Kier molecular flexibility index (Phi) is 5.68. The summed E-state index contributed by atoms with van der Waals surface area (Å²) in [6, 6.07) is 11.4. The molecule has 0 spiro atoms. The first kappa shape index (κ1) is 20.3. The molecule has 3 aromatic rings. The number of rotatable bonds is 5. The Morgan fingerprint density at radius 1 is 1.17 bits per heavy atom. The van der Waals surface area contributed by atoms with Crippen LogP contribution in [-0.2, 0) is 6.54 Å². The van der Waals surface area contributed by atoms with Crippen LogP contribution in [0, 0.1) is 6.92 Å². The van der Waals surface area contributed by atoms with Crippen molar-refractivity contribution in [2.24, 2.45) is 0 Å². The number of nitrogens with zero attached hydrogens (tertiary/aromatic N) is 2. The largest absolute Gasteiger partial charge is 0.508 e. The molecule has 0 saturated carbocycles. The third kappa shape index (κ3) is 3.52. The van der Waals surface area contributed by atoms with Gasteiger partial charge in [0.2, 0.25) is 0 Å². The molecule has 1 amide bonds. The molecule has 1 aliphatic heterocycles. The van der Waals surface area contributed by atoms with E-state index in [1.54, 1.807) is 20.2 Å². The van der Waals surface area contributed by atoms with E-state index in [1.165, 1.54) is 19.3 Å². The Bertz CT molecular complexity index is 1080. The molecule has 1 fully saturated rings. The highest BCUT2D eigenvalue weighted by Crippen LogP contribution is 2.37. The fourth-order valence-corrected chi connectivity index (χ4v) is 4.55. The Morgan fingerprint density at radius 3 is 2.63 bits per heavy atom. The normalized spacial score (nSPS) is 14.8. The molecule has 0 atom stereocenters. The second-order valence-electron chi connectivity index (χ2n) is 7.87. The number of methoxy groups -OCH3 is 1. The van der Waals surface area contributed by atoms with E-state index in [2.05, 4.69) is 14.8 Å². The molecule has 1 aromatic heterocycles. The number of fused-ring (bicyclic) bond motifs is 1. The lowest BCUT2D eigenvalue weighted by molar-refractivity contribution is 0.0964. The topological polar surface area (TPSA) is 66.7 Å². The zero-order valence-corrected chi connectivity index (χ0v) is 17.9. The maximum Gasteiger partial charge on any atom is 0.253 e. The number of hydrogen-bond acceptors (Lipinski definition) is 4. The predicted molar refractivity (Wildman–Crippen MR) is 119 cm³/mol. The molecule has 2 aromatic carbocycles. The van der Waals surface area contributed by atoms with E-state index in [1.807, 2.05) is 37.3 Å². The van der Waals surface area contributed by atoms with Crippen LogP contribution in [0.25, 0.3) is 16.6 Å². The SMILES string of the molecule is CNC(=O)c1c(C)n(-c2cccc(OC)c2)c2ccc(O)c(CN3CCCCC3)c12. The van der Waals surface area contributed by atoms with Gasteiger partial charge in [-0.2, -0.15) is 0 Å². The number of amides is 1. The van der Waals surface area contributed by atoms with Gasteiger partial charge in [0, 0.05) is 42.0 Å². The van der Waals surface area contributed by atoms with Crippen LogP contribution in [0.2, 0.25) is 0 Å². The maximum absolute atomic E-state index is 12.9. The van der Waals surface area contributed by atoms with E-state index in [-0.39, 0.29) is 11.7 Å². The summed E-state index contributed by atoms with van der Waals surface area (Å²) >= 11 is 0. The molecule has 158 valence electrons. The minimum atomic E-state index is -0.148. The van der Waals surface area contributed by atoms with Gasteiger partial charge in [-0.15, -0.1) is 0 Å². The highest BCUT2D eigenvalue weighted by Gasteiger charge is 2.25. The van der Waals surface area contributed by atoms with Crippen molar-refractivity contribution in [3.8, 4) is 17.2 Å². The van der Waals surface area contributed by atoms with Gasteiger partial charge in [0.15, 0.2) is 0 Å². The van der Waals surface area contributed by atoms with Crippen molar-refractivity contribution < 1.29 is 14.6 Å². The van der Waals surface area contributed by atoms with Crippen LogP contribution in [0.5, 0.6) is 11.5 Å². The van der Waals surface area contributed by atoms with Crippen LogP contribution < -0.4 is 10.1 Å². The van der Waals surface area contributed by atoms with E-state index >= 15 is 0 Å². The summed E-state index contributed by atoms with van der Waals surface area (Å²) in [5.74, 6) is 0.841. The summed E-state index contributed by atoms with van der Waals surface area (Å²) < 4.78 is 7.48. The first-order chi connectivity index (χ1) is 14.5. The summed E-state index contributed by atoms with van der Waals surface area (Å²) in [7, 11) is 3.29. The zero-order valence-electron chi connectivity index (χ0n) is 17.9. The number of carbonyl (C=O) groups excluding carboxylic acids is 1. The molecule has 30 heavy (non-hydrogen) atoms.